The molecule has 0 unspecified atom stereocenters. The Morgan fingerprint density at radius 3 is 2.86 bits per heavy atom. The standard InChI is InChI=1S/C15H18ClN5S/c1-9(2)12(15-20-19-8-21(15)3)18-7-11-6-10-4-5-17-14(16)13(10)22-11/h4-6,8-9,12,18H,7H2,1-3H3/t12-/m1/s1. The van der Waals surface area contributed by atoms with Gasteiger partial charge in [0, 0.05) is 24.7 Å². The molecule has 1 N–H and O–H groups in total. The van der Waals surface area contributed by atoms with Crippen LogP contribution in [0, 0.1) is 5.92 Å². The molecule has 0 aliphatic rings. The van der Waals surface area contributed by atoms with Crippen LogP contribution in [0.3, 0.4) is 0 Å². The molecule has 116 valence electrons. The average Bonchev–Trinajstić information content (AvgIpc) is 3.06. The van der Waals surface area contributed by atoms with Crippen LogP contribution in [0.5, 0.6) is 0 Å². The molecule has 3 heterocycles. The molecule has 0 amide bonds. The van der Waals surface area contributed by atoms with Crippen molar-refractivity contribution in [2.45, 2.75) is 26.4 Å². The molecule has 0 spiro atoms. The molecule has 0 aromatic carbocycles. The molecule has 0 saturated carbocycles. The van der Waals surface area contributed by atoms with Crippen LogP contribution in [0.25, 0.3) is 10.1 Å². The van der Waals surface area contributed by atoms with Gasteiger partial charge in [-0.3, -0.25) is 0 Å². The van der Waals surface area contributed by atoms with Gasteiger partial charge >= 0.3 is 0 Å². The first-order valence-electron chi connectivity index (χ1n) is 7.16. The van der Waals surface area contributed by atoms with Crippen molar-refractivity contribution in [3.8, 4) is 0 Å². The molecule has 3 rings (SSSR count). The van der Waals surface area contributed by atoms with Crippen LogP contribution in [0.1, 0.15) is 30.6 Å². The van der Waals surface area contributed by atoms with E-state index in [1.807, 2.05) is 17.7 Å². The van der Waals surface area contributed by atoms with Crippen molar-refractivity contribution < 1.29 is 0 Å². The van der Waals surface area contributed by atoms with Crippen LogP contribution in [-0.4, -0.2) is 19.7 Å². The van der Waals surface area contributed by atoms with Crippen molar-refractivity contribution >= 4 is 33.0 Å². The zero-order valence-corrected chi connectivity index (χ0v) is 14.3. The third-order valence-electron chi connectivity index (χ3n) is 3.63. The van der Waals surface area contributed by atoms with Crippen LogP contribution < -0.4 is 5.32 Å². The largest absolute Gasteiger partial charge is 0.319 e. The number of thiophene rings is 1. The molecule has 7 heteroatoms. The highest BCUT2D eigenvalue weighted by Crippen LogP contribution is 2.30. The van der Waals surface area contributed by atoms with Crippen molar-refractivity contribution in [2.24, 2.45) is 13.0 Å². The van der Waals surface area contributed by atoms with E-state index in [2.05, 4.69) is 40.4 Å². The molecular weight excluding hydrogens is 318 g/mol. The second-order valence-corrected chi connectivity index (χ2v) is 7.13. The van der Waals surface area contributed by atoms with E-state index >= 15 is 0 Å². The van der Waals surface area contributed by atoms with E-state index in [9.17, 15) is 0 Å². The first-order chi connectivity index (χ1) is 10.6. The predicted molar refractivity (Wildman–Crippen MR) is 90.1 cm³/mol. The van der Waals surface area contributed by atoms with Gasteiger partial charge in [-0.25, -0.2) is 4.98 Å². The maximum absolute atomic E-state index is 6.14. The van der Waals surface area contributed by atoms with Gasteiger partial charge in [0.15, 0.2) is 0 Å². The number of pyridine rings is 1. The Morgan fingerprint density at radius 1 is 1.41 bits per heavy atom. The lowest BCUT2D eigenvalue weighted by atomic mass is 10.0. The lowest BCUT2D eigenvalue weighted by Gasteiger charge is -2.21. The van der Waals surface area contributed by atoms with Gasteiger partial charge in [-0.05, 0) is 23.4 Å². The van der Waals surface area contributed by atoms with Gasteiger partial charge in [-0.15, -0.1) is 21.5 Å². The number of aryl methyl sites for hydroxylation is 1. The van der Waals surface area contributed by atoms with Gasteiger partial charge in [-0.1, -0.05) is 25.4 Å². The van der Waals surface area contributed by atoms with E-state index in [4.69, 9.17) is 11.6 Å². The summed E-state index contributed by atoms with van der Waals surface area (Å²) in [4.78, 5) is 5.36. The first kappa shape index (κ1) is 15.4. The second kappa shape index (κ2) is 6.32. The van der Waals surface area contributed by atoms with Gasteiger partial charge in [0.05, 0.1) is 10.7 Å². The normalized spacial score (nSPS) is 13.1. The highest BCUT2D eigenvalue weighted by molar-refractivity contribution is 7.19. The summed E-state index contributed by atoms with van der Waals surface area (Å²) < 4.78 is 3.00. The molecule has 3 aromatic heterocycles. The fourth-order valence-electron chi connectivity index (χ4n) is 2.48. The SMILES string of the molecule is CC(C)[C@@H](NCc1cc2ccnc(Cl)c2s1)c1nncn1C. The van der Waals surface area contributed by atoms with Crippen molar-refractivity contribution in [3.05, 3.63) is 40.5 Å². The minimum atomic E-state index is 0.159. The van der Waals surface area contributed by atoms with Crippen molar-refractivity contribution in [2.75, 3.05) is 0 Å². The molecule has 0 radical (unpaired) electrons. The van der Waals surface area contributed by atoms with Crippen molar-refractivity contribution in [3.63, 3.8) is 0 Å². The van der Waals surface area contributed by atoms with Crippen LogP contribution in [0.15, 0.2) is 24.7 Å². The Hall–Kier alpha value is -1.50. The molecular formula is C15H18ClN5S. The van der Waals surface area contributed by atoms with E-state index < -0.39 is 0 Å². The minimum Gasteiger partial charge on any atom is -0.319 e. The van der Waals surface area contributed by atoms with Crippen molar-refractivity contribution in [1.29, 1.82) is 0 Å². The fraction of sp³-hybridized carbons (Fsp3) is 0.400. The Morgan fingerprint density at radius 2 is 2.23 bits per heavy atom. The van der Waals surface area contributed by atoms with E-state index in [-0.39, 0.29) is 6.04 Å². The summed E-state index contributed by atoms with van der Waals surface area (Å²) in [5.41, 5.74) is 0. The zero-order chi connectivity index (χ0) is 15.7. The van der Waals surface area contributed by atoms with Crippen LogP contribution in [-0.2, 0) is 13.6 Å². The summed E-state index contributed by atoms with van der Waals surface area (Å²) in [5, 5.41) is 13.5. The lowest BCUT2D eigenvalue weighted by molar-refractivity contribution is 0.385. The quantitative estimate of drug-likeness (QED) is 0.724. The Bertz CT molecular complexity index is 779. The summed E-state index contributed by atoms with van der Waals surface area (Å²) in [5.74, 6) is 1.37. The maximum atomic E-state index is 6.14. The molecule has 0 aliphatic heterocycles. The first-order valence-corrected chi connectivity index (χ1v) is 8.36. The lowest BCUT2D eigenvalue weighted by Crippen LogP contribution is -2.27. The Balaban J connectivity index is 1.79. The molecule has 1 atom stereocenters. The van der Waals surface area contributed by atoms with E-state index in [1.54, 1.807) is 23.9 Å². The van der Waals surface area contributed by atoms with Gasteiger partial charge in [0.25, 0.3) is 0 Å². The third kappa shape index (κ3) is 2.99. The van der Waals surface area contributed by atoms with E-state index in [0.29, 0.717) is 11.1 Å². The number of hydrogen-bond acceptors (Lipinski definition) is 5. The molecule has 0 bridgehead atoms. The summed E-state index contributed by atoms with van der Waals surface area (Å²) in [6.45, 7) is 5.13. The number of aromatic nitrogens is 4. The summed E-state index contributed by atoms with van der Waals surface area (Å²) in [6, 6.07) is 4.31. The summed E-state index contributed by atoms with van der Waals surface area (Å²) in [7, 11) is 1.97. The average molecular weight is 336 g/mol. The number of fused-ring (bicyclic) bond motifs is 1. The summed E-state index contributed by atoms with van der Waals surface area (Å²) >= 11 is 7.82. The fourth-order valence-corrected chi connectivity index (χ4v) is 3.75. The predicted octanol–water partition coefficient (Wildman–Crippen LogP) is 3.57. The second-order valence-electron chi connectivity index (χ2n) is 5.64. The number of nitrogens with zero attached hydrogens (tertiary/aromatic N) is 4. The molecule has 0 aliphatic carbocycles. The molecule has 0 saturated heterocycles. The van der Waals surface area contributed by atoms with Gasteiger partial charge in [-0.2, -0.15) is 0 Å². The number of hydrogen-bond donors (Lipinski definition) is 1. The number of rotatable bonds is 5. The van der Waals surface area contributed by atoms with Crippen LogP contribution in [0.4, 0.5) is 0 Å². The highest BCUT2D eigenvalue weighted by Gasteiger charge is 2.20. The Labute approximate surface area is 138 Å². The summed E-state index contributed by atoms with van der Waals surface area (Å²) in [6.07, 6.45) is 3.47. The minimum absolute atomic E-state index is 0.159. The van der Waals surface area contributed by atoms with Crippen molar-refractivity contribution in [1.82, 2.24) is 25.1 Å². The maximum Gasteiger partial charge on any atom is 0.149 e. The monoisotopic (exact) mass is 335 g/mol. The van der Waals surface area contributed by atoms with Gasteiger partial charge < -0.3 is 9.88 Å². The molecule has 5 nitrogen and oxygen atoms in total. The number of halogens is 1. The molecule has 22 heavy (non-hydrogen) atoms. The van der Waals surface area contributed by atoms with Crippen LogP contribution >= 0.6 is 22.9 Å². The number of nitrogens with one attached hydrogen (secondary N) is 1. The topological polar surface area (TPSA) is 55.6 Å². The third-order valence-corrected chi connectivity index (χ3v) is 5.18. The van der Waals surface area contributed by atoms with Gasteiger partial charge in [0.2, 0.25) is 0 Å². The van der Waals surface area contributed by atoms with Gasteiger partial charge in [0.1, 0.15) is 17.3 Å². The van der Waals surface area contributed by atoms with E-state index in [1.165, 1.54) is 4.88 Å². The zero-order valence-electron chi connectivity index (χ0n) is 12.7. The molecule has 3 aromatic rings. The smallest absolute Gasteiger partial charge is 0.149 e. The molecule has 0 fully saturated rings. The van der Waals surface area contributed by atoms with E-state index in [0.717, 1.165) is 22.5 Å². The van der Waals surface area contributed by atoms with Crippen LogP contribution in [0.2, 0.25) is 5.15 Å². The Kier molecular flexibility index (Phi) is 4.42. The highest BCUT2D eigenvalue weighted by atomic mass is 35.5.